The number of hydrogen-bond acceptors (Lipinski definition) is 3. The van der Waals surface area contributed by atoms with Crippen LogP contribution in [0.5, 0.6) is 5.75 Å². The molecule has 3 rings (SSSR count). The zero-order valence-corrected chi connectivity index (χ0v) is 13.8. The van der Waals surface area contributed by atoms with Gasteiger partial charge in [-0.3, -0.25) is 0 Å². The lowest BCUT2D eigenvalue weighted by Crippen LogP contribution is -2.17. The Morgan fingerprint density at radius 2 is 1.83 bits per heavy atom. The molecule has 1 aliphatic heterocycles. The minimum Gasteiger partial charge on any atom is -0.392 e. The van der Waals surface area contributed by atoms with E-state index in [1.54, 1.807) is 12.1 Å². The Bertz CT molecular complexity index is 733. The van der Waals surface area contributed by atoms with E-state index in [1.165, 1.54) is 12.1 Å². The molecule has 2 aromatic carbocycles. The number of hydrogen-bond donors (Lipinski definition) is 1. The van der Waals surface area contributed by atoms with E-state index in [0.717, 1.165) is 27.8 Å². The zero-order valence-electron chi connectivity index (χ0n) is 13.8. The molecular formula is C19H21FO3. The monoisotopic (exact) mass is 316 g/mol. The lowest BCUT2D eigenvalue weighted by atomic mass is 9.82. The summed E-state index contributed by atoms with van der Waals surface area (Å²) in [7, 11) is 0. The van der Waals surface area contributed by atoms with Crippen LogP contribution in [0.2, 0.25) is 0 Å². The van der Waals surface area contributed by atoms with Crippen LogP contribution in [0.15, 0.2) is 30.3 Å². The summed E-state index contributed by atoms with van der Waals surface area (Å²) in [6.07, 6.45) is 0. The van der Waals surface area contributed by atoms with Gasteiger partial charge in [-0.05, 0) is 60.2 Å². The Hall–Kier alpha value is -1.91. The standard InChI is InChI=1S/C19H21FO3/c1-11(2)14-9-16-18(19(3,4)23-22-16)17(15(14)10-21)12-5-7-13(20)8-6-12/h5-9,11,21H,10H2,1-4H3. The Balaban J connectivity index is 2.37. The van der Waals surface area contributed by atoms with Crippen molar-refractivity contribution in [2.24, 2.45) is 0 Å². The Morgan fingerprint density at radius 3 is 2.39 bits per heavy atom. The first-order valence-electron chi connectivity index (χ1n) is 7.78. The maximum Gasteiger partial charge on any atom is 0.172 e. The number of halogens is 1. The maximum atomic E-state index is 13.3. The van der Waals surface area contributed by atoms with E-state index in [1.807, 2.05) is 19.9 Å². The van der Waals surface area contributed by atoms with Gasteiger partial charge in [-0.1, -0.05) is 26.0 Å². The first kappa shape index (κ1) is 16.0. The van der Waals surface area contributed by atoms with E-state index in [9.17, 15) is 9.50 Å². The van der Waals surface area contributed by atoms with Crippen LogP contribution in [0.1, 0.15) is 50.3 Å². The molecule has 23 heavy (non-hydrogen) atoms. The van der Waals surface area contributed by atoms with Gasteiger partial charge in [0.1, 0.15) is 11.4 Å². The van der Waals surface area contributed by atoms with Crippen LogP contribution in [-0.2, 0) is 17.1 Å². The topological polar surface area (TPSA) is 38.7 Å². The van der Waals surface area contributed by atoms with Gasteiger partial charge < -0.3 is 9.99 Å². The number of aliphatic hydroxyl groups is 1. The molecular weight excluding hydrogens is 295 g/mol. The van der Waals surface area contributed by atoms with Gasteiger partial charge in [0, 0.05) is 5.56 Å². The summed E-state index contributed by atoms with van der Waals surface area (Å²) < 4.78 is 13.3. The molecule has 0 radical (unpaired) electrons. The first-order valence-corrected chi connectivity index (χ1v) is 7.78. The highest BCUT2D eigenvalue weighted by Crippen LogP contribution is 2.49. The van der Waals surface area contributed by atoms with Crippen molar-refractivity contribution >= 4 is 0 Å². The molecule has 122 valence electrons. The molecule has 2 aromatic rings. The third-order valence-electron chi connectivity index (χ3n) is 4.29. The molecule has 0 saturated heterocycles. The molecule has 4 heteroatoms. The fourth-order valence-electron chi connectivity index (χ4n) is 3.19. The van der Waals surface area contributed by atoms with E-state index in [2.05, 4.69) is 13.8 Å². The molecule has 0 bridgehead atoms. The van der Waals surface area contributed by atoms with E-state index < -0.39 is 5.60 Å². The molecule has 1 N–H and O–H groups in total. The molecule has 0 aliphatic carbocycles. The van der Waals surface area contributed by atoms with Crippen molar-refractivity contribution in [3.8, 4) is 16.9 Å². The number of aliphatic hydroxyl groups excluding tert-OH is 1. The molecule has 1 aliphatic rings. The SMILES string of the molecule is CC(C)c1cc2c(c(-c3ccc(F)cc3)c1CO)C(C)(C)OO2. The third kappa shape index (κ3) is 2.62. The van der Waals surface area contributed by atoms with Crippen molar-refractivity contribution in [1.29, 1.82) is 0 Å². The second kappa shape index (κ2) is 5.62. The minimum absolute atomic E-state index is 0.0937. The Morgan fingerprint density at radius 1 is 1.17 bits per heavy atom. The summed E-state index contributed by atoms with van der Waals surface area (Å²) >= 11 is 0. The van der Waals surface area contributed by atoms with Gasteiger partial charge in [-0.2, -0.15) is 4.89 Å². The van der Waals surface area contributed by atoms with Gasteiger partial charge in [0.2, 0.25) is 0 Å². The van der Waals surface area contributed by atoms with E-state index in [0.29, 0.717) is 5.75 Å². The lowest BCUT2D eigenvalue weighted by Gasteiger charge is -2.23. The van der Waals surface area contributed by atoms with Crippen LogP contribution >= 0.6 is 0 Å². The number of rotatable bonds is 3. The molecule has 0 unspecified atom stereocenters. The van der Waals surface area contributed by atoms with Gasteiger partial charge in [-0.15, -0.1) is 0 Å². The summed E-state index contributed by atoms with van der Waals surface area (Å²) in [6.45, 7) is 7.88. The normalized spacial score (nSPS) is 15.6. The highest BCUT2D eigenvalue weighted by atomic mass is 19.1. The smallest absolute Gasteiger partial charge is 0.172 e. The molecule has 0 aromatic heterocycles. The van der Waals surface area contributed by atoms with Crippen molar-refractivity contribution < 1.29 is 19.3 Å². The molecule has 3 nitrogen and oxygen atoms in total. The van der Waals surface area contributed by atoms with E-state index in [4.69, 9.17) is 9.78 Å². The van der Waals surface area contributed by atoms with Crippen LogP contribution in [0.3, 0.4) is 0 Å². The fraction of sp³-hybridized carbons (Fsp3) is 0.368. The van der Waals surface area contributed by atoms with Crippen LogP contribution in [-0.4, -0.2) is 5.11 Å². The minimum atomic E-state index is -0.640. The van der Waals surface area contributed by atoms with Gasteiger partial charge in [0.15, 0.2) is 5.75 Å². The highest BCUT2D eigenvalue weighted by Gasteiger charge is 2.39. The molecule has 0 amide bonds. The summed E-state index contributed by atoms with van der Waals surface area (Å²) in [5.74, 6) is 0.590. The summed E-state index contributed by atoms with van der Waals surface area (Å²) in [4.78, 5) is 10.9. The van der Waals surface area contributed by atoms with Crippen molar-refractivity contribution in [1.82, 2.24) is 0 Å². The fourth-order valence-corrected chi connectivity index (χ4v) is 3.19. The summed E-state index contributed by atoms with van der Waals surface area (Å²) in [5.41, 5.74) is 3.81. The van der Waals surface area contributed by atoms with Crippen molar-refractivity contribution in [3.05, 3.63) is 52.8 Å². The predicted octanol–water partition coefficient (Wildman–Crippen LogP) is 4.67. The van der Waals surface area contributed by atoms with Crippen molar-refractivity contribution in [3.63, 3.8) is 0 Å². The van der Waals surface area contributed by atoms with Crippen LogP contribution in [0.25, 0.3) is 11.1 Å². The average molecular weight is 316 g/mol. The summed E-state index contributed by atoms with van der Waals surface area (Å²) in [6, 6.07) is 8.24. The first-order chi connectivity index (χ1) is 10.8. The molecule has 0 saturated carbocycles. The Kier molecular flexibility index (Phi) is 3.90. The van der Waals surface area contributed by atoms with Crippen molar-refractivity contribution in [2.75, 3.05) is 0 Å². The molecule has 0 atom stereocenters. The average Bonchev–Trinajstić information content (AvgIpc) is 2.81. The predicted molar refractivity (Wildman–Crippen MR) is 86.6 cm³/mol. The quantitative estimate of drug-likeness (QED) is 0.837. The largest absolute Gasteiger partial charge is 0.392 e. The van der Waals surface area contributed by atoms with Gasteiger partial charge in [0.25, 0.3) is 0 Å². The lowest BCUT2D eigenvalue weighted by molar-refractivity contribution is -0.260. The van der Waals surface area contributed by atoms with Crippen molar-refractivity contribution in [2.45, 2.75) is 45.8 Å². The molecule has 0 fully saturated rings. The number of benzene rings is 2. The third-order valence-corrected chi connectivity index (χ3v) is 4.29. The van der Waals surface area contributed by atoms with Gasteiger partial charge in [-0.25, -0.2) is 4.39 Å². The summed E-state index contributed by atoms with van der Waals surface area (Å²) in [5, 5.41) is 10.0. The highest BCUT2D eigenvalue weighted by molar-refractivity contribution is 5.77. The number of fused-ring (bicyclic) bond motifs is 1. The second-order valence-corrected chi connectivity index (χ2v) is 6.69. The molecule has 0 spiro atoms. The van der Waals surface area contributed by atoms with E-state index in [-0.39, 0.29) is 18.3 Å². The van der Waals surface area contributed by atoms with Gasteiger partial charge >= 0.3 is 0 Å². The van der Waals surface area contributed by atoms with Crippen LogP contribution in [0, 0.1) is 5.82 Å². The molecule has 1 heterocycles. The maximum absolute atomic E-state index is 13.3. The second-order valence-electron chi connectivity index (χ2n) is 6.69. The van der Waals surface area contributed by atoms with Gasteiger partial charge in [0.05, 0.1) is 6.61 Å². The Labute approximate surface area is 135 Å². The zero-order chi connectivity index (χ0) is 16.8. The van der Waals surface area contributed by atoms with E-state index >= 15 is 0 Å². The van der Waals surface area contributed by atoms with Crippen LogP contribution in [0.4, 0.5) is 4.39 Å². The van der Waals surface area contributed by atoms with Crippen LogP contribution < -0.4 is 4.89 Å².